The van der Waals surface area contributed by atoms with E-state index in [1.165, 1.54) is 28.8 Å². The molecule has 0 spiro atoms. The average Bonchev–Trinajstić information content (AvgIpc) is 2.94. The summed E-state index contributed by atoms with van der Waals surface area (Å²) in [5.74, 6) is -2.09. The fourth-order valence-electron chi connectivity index (χ4n) is 3.32. The van der Waals surface area contributed by atoms with Crippen molar-refractivity contribution in [3.05, 3.63) is 63.0 Å². The number of halogens is 3. The number of hydrogen-bond acceptors (Lipinski definition) is 3. The number of hydrogen-bond donors (Lipinski definition) is 2. The predicted molar refractivity (Wildman–Crippen MR) is 116 cm³/mol. The lowest BCUT2D eigenvalue weighted by atomic mass is 10.1. The van der Waals surface area contributed by atoms with Gasteiger partial charge in [0.05, 0.1) is 22.0 Å². The highest BCUT2D eigenvalue weighted by Crippen LogP contribution is 2.33. The largest absolute Gasteiger partial charge is 0.505 e. The molecule has 1 heterocycles. The number of fused-ring (bicyclic) bond motifs is 1. The standard InChI is InChI=1S/C22H21Cl2FN2O3/c1-4-11(2)26-21(29)9-14-12(3)27(19-10-18(25)20(28)8-15(14)19)22(30)13-5-6-16(23)17(24)7-13/h5-8,10-11,28H,4,9H2,1-3H3,(H,26,29)/t11-/m0/s1. The second-order valence-electron chi connectivity index (χ2n) is 7.21. The summed E-state index contributed by atoms with van der Waals surface area (Å²) in [4.78, 5) is 25.7. The van der Waals surface area contributed by atoms with Crippen molar-refractivity contribution in [1.29, 1.82) is 0 Å². The summed E-state index contributed by atoms with van der Waals surface area (Å²) in [6, 6.07) is 6.78. The van der Waals surface area contributed by atoms with Gasteiger partial charge >= 0.3 is 0 Å². The van der Waals surface area contributed by atoms with Crippen LogP contribution in [0.15, 0.2) is 30.3 Å². The first-order valence-electron chi connectivity index (χ1n) is 9.45. The van der Waals surface area contributed by atoms with Gasteiger partial charge in [0, 0.05) is 28.8 Å². The monoisotopic (exact) mass is 450 g/mol. The van der Waals surface area contributed by atoms with E-state index in [0.717, 1.165) is 12.5 Å². The lowest BCUT2D eigenvalue weighted by Gasteiger charge is -2.12. The van der Waals surface area contributed by atoms with Crippen molar-refractivity contribution >= 4 is 45.9 Å². The number of carbonyl (C=O) groups excluding carboxylic acids is 2. The van der Waals surface area contributed by atoms with E-state index >= 15 is 0 Å². The normalized spacial score (nSPS) is 12.2. The smallest absolute Gasteiger partial charge is 0.262 e. The molecule has 0 saturated heterocycles. The SMILES string of the molecule is CC[C@H](C)NC(=O)Cc1c(C)n(C(=O)c2ccc(Cl)c(Cl)c2)c2cc(F)c(O)cc12. The minimum Gasteiger partial charge on any atom is -0.505 e. The van der Waals surface area contributed by atoms with Crippen LogP contribution in [0.1, 0.15) is 41.9 Å². The molecule has 3 aromatic rings. The van der Waals surface area contributed by atoms with E-state index < -0.39 is 17.5 Å². The second-order valence-corrected chi connectivity index (χ2v) is 8.02. The van der Waals surface area contributed by atoms with Gasteiger partial charge in [-0.3, -0.25) is 14.2 Å². The highest BCUT2D eigenvalue weighted by atomic mass is 35.5. The van der Waals surface area contributed by atoms with Crippen LogP contribution in [0.5, 0.6) is 5.75 Å². The summed E-state index contributed by atoms with van der Waals surface area (Å²) < 4.78 is 15.5. The quantitative estimate of drug-likeness (QED) is 0.557. The van der Waals surface area contributed by atoms with Gasteiger partial charge < -0.3 is 10.4 Å². The van der Waals surface area contributed by atoms with Gasteiger partial charge in [0.25, 0.3) is 5.91 Å². The molecule has 0 saturated carbocycles. The van der Waals surface area contributed by atoms with Crippen LogP contribution < -0.4 is 5.32 Å². The van der Waals surface area contributed by atoms with Crippen molar-refractivity contribution in [2.75, 3.05) is 0 Å². The molecule has 0 radical (unpaired) electrons. The van der Waals surface area contributed by atoms with Crippen molar-refractivity contribution in [3.8, 4) is 5.75 Å². The lowest BCUT2D eigenvalue weighted by Crippen LogP contribution is -2.33. The van der Waals surface area contributed by atoms with E-state index in [-0.39, 0.29) is 34.5 Å². The van der Waals surface area contributed by atoms with E-state index in [1.54, 1.807) is 6.92 Å². The van der Waals surface area contributed by atoms with Crippen molar-refractivity contribution in [2.24, 2.45) is 0 Å². The average molecular weight is 451 g/mol. The van der Waals surface area contributed by atoms with Crippen LogP contribution in [-0.2, 0) is 11.2 Å². The number of rotatable bonds is 5. The zero-order chi connectivity index (χ0) is 22.2. The topological polar surface area (TPSA) is 71.3 Å². The van der Waals surface area contributed by atoms with Gasteiger partial charge in [-0.05, 0) is 50.1 Å². The molecular formula is C22H21Cl2FN2O3. The highest BCUT2D eigenvalue weighted by Gasteiger charge is 2.23. The molecule has 1 aromatic heterocycles. The molecule has 2 aromatic carbocycles. The molecular weight excluding hydrogens is 430 g/mol. The number of aromatic nitrogens is 1. The predicted octanol–water partition coefficient (Wildman–Crippen LogP) is 5.25. The minimum atomic E-state index is -0.862. The summed E-state index contributed by atoms with van der Waals surface area (Å²) in [6.45, 7) is 5.53. The Morgan fingerprint density at radius 3 is 2.53 bits per heavy atom. The fraction of sp³-hybridized carbons (Fsp3) is 0.273. The Hall–Kier alpha value is -2.57. The zero-order valence-corrected chi connectivity index (χ0v) is 18.2. The van der Waals surface area contributed by atoms with Crippen molar-refractivity contribution in [1.82, 2.24) is 9.88 Å². The Morgan fingerprint density at radius 1 is 1.20 bits per heavy atom. The summed E-state index contributed by atoms with van der Waals surface area (Å²) in [5.41, 5.74) is 1.53. The van der Waals surface area contributed by atoms with Gasteiger partial charge in [0.15, 0.2) is 11.6 Å². The Bertz CT molecular complexity index is 1160. The molecule has 0 unspecified atom stereocenters. The minimum absolute atomic E-state index is 0.00477. The van der Waals surface area contributed by atoms with Crippen LogP contribution in [0.4, 0.5) is 4.39 Å². The fourth-order valence-corrected chi connectivity index (χ4v) is 3.62. The first kappa shape index (κ1) is 22.1. The zero-order valence-electron chi connectivity index (χ0n) is 16.7. The number of nitrogens with one attached hydrogen (secondary N) is 1. The second kappa shape index (κ2) is 8.66. The number of carbonyl (C=O) groups is 2. The molecule has 30 heavy (non-hydrogen) atoms. The number of aromatic hydroxyl groups is 1. The van der Waals surface area contributed by atoms with E-state index in [0.29, 0.717) is 21.7 Å². The molecule has 5 nitrogen and oxygen atoms in total. The maximum Gasteiger partial charge on any atom is 0.262 e. The van der Waals surface area contributed by atoms with E-state index in [9.17, 15) is 19.1 Å². The maximum absolute atomic E-state index is 14.1. The number of nitrogens with zero attached hydrogens (tertiary/aromatic N) is 1. The van der Waals surface area contributed by atoms with Gasteiger partial charge in [-0.1, -0.05) is 30.1 Å². The summed E-state index contributed by atoms with van der Waals surface area (Å²) in [6.07, 6.45) is 0.758. The third kappa shape index (κ3) is 4.16. The third-order valence-electron chi connectivity index (χ3n) is 5.13. The molecule has 0 aliphatic rings. The number of benzene rings is 2. The molecule has 1 atom stereocenters. The Labute approximate surface area is 183 Å². The highest BCUT2D eigenvalue weighted by molar-refractivity contribution is 6.42. The molecule has 0 fully saturated rings. The van der Waals surface area contributed by atoms with Crippen LogP contribution in [0.3, 0.4) is 0 Å². The summed E-state index contributed by atoms with van der Waals surface area (Å²) >= 11 is 12.0. The van der Waals surface area contributed by atoms with Crippen molar-refractivity contribution in [3.63, 3.8) is 0 Å². The molecule has 0 aliphatic carbocycles. The van der Waals surface area contributed by atoms with E-state index in [4.69, 9.17) is 23.2 Å². The van der Waals surface area contributed by atoms with Crippen LogP contribution >= 0.6 is 23.2 Å². The Kier molecular flexibility index (Phi) is 6.38. The number of amides is 1. The van der Waals surface area contributed by atoms with Gasteiger partial charge in [-0.2, -0.15) is 0 Å². The summed E-state index contributed by atoms with van der Waals surface area (Å²) in [5, 5.41) is 13.7. The number of phenols is 1. The number of phenolic OH excluding ortho intramolecular Hbond substituents is 1. The van der Waals surface area contributed by atoms with Crippen LogP contribution in [0.2, 0.25) is 10.0 Å². The van der Waals surface area contributed by atoms with Crippen LogP contribution in [0.25, 0.3) is 10.9 Å². The van der Waals surface area contributed by atoms with Crippen LogP contribution in [-0.4, -0.2) is 27.5 Å². The summed E-state index contributed by atoms with van der Waals surface area (Å²) in [7, 11) is 0. The lowest BCUT2D eigenvalue weighted by molar-refractivity contribution is -0.121. The van der Waals surface area contributed by atoms with Gasteiger partial charge in [0.1, 0.15) is 0 Å². The molecule has 2 N–H and O–H groups in total. The van der Waals surface area contributed by atoms with E-state index in [1.807, 2.05) is 13.8 Å². The molecule has 0 bridgehead atoms. The van der Waals surface area contributed by atoms with E-state index in [2.05, 4.69) is 5.32 Å². The Balaban J connectivity index is 2.15. The molecule has 8 heteroatoms. The molecule has 0 aliphatic heterocycles. The molecule has 3 rings (SSSR count). The van der Waals surface area contributed by atoms with Crippen molar-refractivity contribution in [2.45, 2.75) is 39.7 Å². The van der Waals surface area contributed by atoms with Gasteiger partial charge in [-0.25, -0.2) is 4.39 Å². The third-order valence-corrected chi connectivity index (χ3v) is 5.87. The van der Waals surface area contributed by atoms with Crippen LogP contribution in [0, 0.1) is 12.7 Å². The first-order chi connectivity index (χ1) is 14.1. The molecule has 158 valence electrons. The molecule has 1 amide bonds. The van der Waals surface area contributed by atoms with Gasteiger partial charge in [0.2, 0.25) is 5.91 Å². The van der Waals surface area contributed by atoms with Crippen molar-refractivity contribution < 1.29 is 19.1 Å². The Morgan fingerprint density at radius 2 is 1.90 bits per heavy atom. The first-order valence-corrected chi connectivity index (χ1v) is 10.2. The maximum atomic E-state index is 14.1. The van der Waals surface area contributed by atoms with Gasteiger partial charge in [-0.15, -0.1) is 0 Å².